The fourth-order valence-corrected chi connectivity index (χ4v) is 3.77. The van der Waals surface area contributed by atoms with E-state index in [4.69, 9.17) is 4.74 Å². The van der Waals surface area contributed by atoms with Crippen LogP contribution >= 0.6 is 0 Å². The van der Waals surface area contributed by atoms with Crippen LogP contribution in [0.5, 0.6) is 0 Å². The second-order valence-corrected chi connectivity index (χ2v) is 9.04. The zero-order valence-electron chi connectivity index (χ0n) is 18.6. The summed E-state index contributed by atoms with van der Waals surface area (Å²) in [7, 11) is 1.75. The topological polar surface area (TPSA) is 67.7 Å². The minimum Gasteiger partial charge on any atom is -0.444 e. The molecule has 2 aromatic rings. The van der Waals surface area contributed by atoms with Crippen molar-refractivity contribution in [1.29, 1.82) is 0 Å². The molecule has 1 aliphatic rings. The van der Waals surface area contributed by atoms with Crippen molar-refractivity contribution in [2.45, 2.75) is 46.1 Å². The molecule has 0 bridgehead atoms. The Labute approximate surface area is 178 Å². The lowest BCUT2D eigenvalue weighted by atomic mass is 9.97. The minimum atomic E-state index is -0.519. The molecule has 1 atom stereocenters. The van der Waals surface area contributed by atoms with Crippen LogP contribution in [-0.2, 0) is 4.74 Å². The van der Waals surface area contributed by atoms with Crippen molar-refractivity contribution in [3.8, 4) is 5.69 Å². The number of nitrogens with zero attached hydrogens (tertiary/aromatic N) is 4. The Balaban J connectivity index is 1.64. The highest BCUT2D eigenvalue weighted by Crippen LogP contribution is 2.21. The fraction of sp³-hybridized carbons (Fsp3) is 0.522. The molecule has 0 saturated carbocycles. The molecular weight excluding hydrogens is 380 g/mol. The van der Waals surface area contributed by atoms with Gasteiger partial charge in [0.15, 0.2) is 5.69 Å². The first-order valence-corrected chi connectivity index (χ1v) is 10.5. The summed E-state index contributed by atoms with van der Waals surface area (Å²) in [6, 6.07) is 11.6. The van der Waals surface area contributed by atoms with Crippen LogP contribution in [0.25, 0.3) is 5.69 Å². The lowest BCUT2D eigenvalue weighted by Crippen LogP contribution is -2.45. The number of aromatic nitrogens is 2. The fourth-order valence-electron chi connectivity index (χ4n) is 3.77. The highest BCUT2D eigenvalue weighted by Gasteiger charge is 2.29. The molecule has 1 aromatic heterocycles. The summed E-state index contributed by atoms with van der Waals surface area (Å²) in [5, 5.41) is 4.55. The smallest absolute Gasteiger partial charge is 0.410 e. The third-order valence-corrected chi connectivity index (χ3v) is 5.15. The Hall–Kier alpha value is -2.83. The molecule has 1 aromatic carbocycles. The van der Waals surface area contributed by atoms with Gasteiger partial charge in [0.1, 0.15) is 5.60 Å². The number of aryl methyl sites for hydroxylation is 1. The monoisotopic (exact) mass is 412 g/mol. The van der Waals surface area contributed by atoms with E-state index in [1.54, 1.807) is 16.6 Å². The Morgan fingerprint density at radius 1 is 1.23 bits per heavy atom. The number of para-hydroxylation sites is 1. The number of amides is 2. The average molecular weight is 413 g/mol. The number of benzene rings is 1. The van der Waals surface area contributed by atoms with Crippen molar-refractivity contribution in [2.24, 2.45) is 5.92 Å². The zero-order chi connectivity index (χ0) is 21.9. The quantitative estimate of drug-likeness (QED) is 0.764. The Morgan fingerprint density at radius 3 is 2.60 bits per heavy atom. The Morgan fingerprint density at radius 2 is 1.93 bits per heavy atom. The maximum absolute atomic E-state index is 13.1. The van der Waals surface area contributed by atoms with Crippen LogP contribution in [0.2, 0.25) is 0 Å². The third kappa shape index (κ3) is 5.40. The van der Waals surface area contributed by atoms with E-state index in [9.17, 15) is 9.59 Å². The lowest BCUT2D eigenvalue weighted by Gasteiger charge is -2.34. The first-order valence-electron chi connectivity index (χ1n) is 10.5. The molecule has 0 aliphatic carbocycles. The van der Waals surface area contributed by atoms with Gasteiger partial charge in [-0.15, -0.1) is 0 Å². The summed E-state index contributed by atoms with van der Waals surface area (Å²) in [5.74, 6) is 0.162. The van der Waals surface area contributed by atoms with Gasteiger partial charge >= 0.3 is 6.09 Å². The van der Waals surface area contributed by atoms with Gasteiger partial charge in [-0.3, -0.25) is 4.79 Å². The van der Waals surface area contributed by atoms with Gasteiger partial charge in [-0.2, -0.15) is 5.10 Å². The first kappa shape index (κ1) is 21.9. The molecule has 7 nitrogen and oxygen atoms in total. The summed E-state index contributed by atoms with van der Waals surface area (Å²) in [5.41, 5.74) is 1.79. The number of hydrogen-bond acceptors (Lipinski definition) is 4. The van der Waals surface area contributed by atoms with Crippen LogP contribution in [0, 0.1) is 12.8 Å². The van der Waals surface area contributed by atoms with Crippen molar-refractivity contribution in [1.82, 2.24) is 19.6 Å². The van der Waals surface area contributed by atoms with E-state index in [-0.39, 0.29) is 17.9 Å². The van der Waals surface area contributed by atoms with Gasteiger partial charge in [0.05, 0.1) is 5.69 Å². The molecule has 7 heteroatoms. The normalized spacial score (nSPS) is 17.0. The largest absolute Gasteiger partial charge is 0.444 e. The molecule has 1 fully saturated rings. The van der Waals surface area contributed by atoms with Crippen LogP contribution < -0.4 is 0 Å². The van der Waals surface area contributed by atoms with Crippen LogP contribution in [0.1, 0.15) is 49.8 Å². The molecule has 2 amide bonds. The zero-order valence-corrected chi connectivity index (χ0v) is 18.6. The van der Waals surface area contributed by atoms with Crippen molar-refractivity contribution in [3.63, 3.8) is 0 Å². The average Bonchev–Trinajstić information content (AvgIpc) is 3.08. The second-order valence-electron chi connectivity index (χ2n) is 9.04. The number of carbonyl (C=O) groups is 2. The molecule has 3 rings (SSSR count). The first-order chi connectivity index (χ1) is 14.1. The molecule has 162 valence electrons. The van der Waals surface area contributed by atoms with Crippen LogP contribution in [0.3, 0.4) is 0 Å². The second kappa shape index (κ2) is 8.90. The molecule has 1 aliphatic heterocycles. The summed E-state index contributed by atoms with van der Waals surface area (Å²) in [4.78, 5) is 28.8. The van der Waals surface area contributed by atoms with Gasteiger partial charge < -0.3 is 14.5 Å². The van der Waals surface area contributed by atoms with Gasteiger partial charge in [0, 0.05) is 32.4 Å². The molecule has 0 spiro atoms. The molecule has 2 heterocycles. The number of piperidine rings is 1. The predicted molar refractivity (Wildman–Crippen MR) is 116 cm³/mol. The molecule has 1 unspecified atom stereocenters. The predicted octanol–water partition coefficient (Wildman–Crippen LogP) is 3.90. The number of hydrogen-bond donors (Lipinski definition) is 0. The highest BCUT2D eigenvalue weighted by molar-refractivity contribution is 5.92. The highest BCUT2D eigenvalue weighted by atomic mass is 16.6. The van der Waals surface area contributed by atoms with Crippen molar-refractivity contribution < 1.29 is 14.3 Å². The maximum atomic E-state index is 13.1. The number of ether oxygens (including phenoxy) is 1. The van der Waals surface area contributed by atoms with E-state index in [0.29, 0.717) is 25.3 Å². The summed E-state index contributed by atoms with van der Waals surface area (Å²) in [6.45, 7) is 9.41. The van der Waals surface area contributed by atoms with Crippen LogP contribution in [-0.4, -0.2) is 63.9 Å². The van der Waals surface area contributed by atoms with Crippen LogP contribution in [0.4, 0.5) is 4.79 Å². The van der Waals surface area contributed by atoms with Crippen molar-refractivity contribution in [2.75, 3.05) is 26.7 Å². The summed E-state index contributed by atoms with van der Waals surface area (Å²) < 4.78 is 7.23. The molecule has 30 heavy (non-hydrogen) atoms. The summed E-state index contributed by atoms with van der Waals surface area (Å²) >= 11 is 0. The van der Waals surface area contributed by atoms with Gasteiger partial charge in [-0.1, -0.05) is 18.2 Å². The molecule has 0 N–H and O–H groups in total. The van der Waals surface area contributed by atoms with Gasteiger partial charge in [0.25, 0.3) is 5.91 Å². The number of rotatable bonds is 4. The van der Waals surface area contributed by atoms with Gasteiger partial charge in [0.2, 0.25) is 0 Å². The van der Waals surface area contributed by atoms with Gasteiger partial charge in [-0.25, -0.2) is 9.48 Å². The van der Waals surface area contributed by atoms with Crippen molar-refractivity contribution >= 4 is 12.0 Å². The van der Waals surface area contributed by atoms with Crippen molar-refractivity contribution in [3.05, 3.63) is 47.8 Å². The maximum Gasteiger partial charge on any atom is 0.410 e. The Bertz CT molecular complexity index is 886. The van der Waals surface area contributed by atoms with E-state index < -0.39 is 5.60 Å². The number of likely N-dealkylation sites (tertiary alicyclic amines) is 1. The van der Waals surface area contributed by atoms with E-state index >= 15 is 0 Å². The summed E-state index contributed by atoms with van der Waals surface area (Å²) in [6.07, 6.45) is 1.56. The Kier molecular flexibility index (Phi) is 6.48. The lowest BCUT2D eigenvalue weighted by molar-refractivity contribution is 0.0244. The van der Waals surface area contributed by atoms with E-state index in [2.05, 4.69) is 5.10 Å². The molecule has 0 radical (unpaired) electrons. The minimum absolute atomic E-state index is 0.0580. The standard InChI is InChI=1S/C23H32N4O3/c1-17-14-20(24-27(17)19-11-7-6-8-12-19)21(28)26-13-9-10-18(16-26)15-25(5)22(29)30-23(2,3)4/h6-8,11-12,14,18H,9-10,13,15-16H2,1-5H3. The van der Waals surface area contributed by atoms with E-state index in [0.717, 1.165) is 24.2 Å². The SMILES string of the molecule is Cc1cc(C(=O)N2CCCC(CN(C)C(=O)OC(C)(C)C)C2)nn1-c1ccccc1. The van der Waals surface area contributed by atoms with Crippen LogP contribution in [0.15, 0.2) is 36.4 Å². The third-order valence-electron chi connectivity index (χ3n) is 5.15. The molecule has 1 saturated heterocycles. The van der Waals surface area contributed by atoms with E-state index in [1.807, 2.05) is 69.0 Å². The number of carbonyl (C=O) groups excluding carboxylic acids is 2. The van der Waals surface area contributed by atoms with Gasteiger partial charge in [-0.05, 0) is 64.7 Å². The van der Waals surface area contributed by atoms with E-state index in [1.165, 1.54) is 0 Å². The molecular formula is C23H32N4O3.